The fourth-order valence-corrected chi connectivity index (χ4v) is 5.16. The van der Waals surface area contributed by atoms with Crippen LogP contribution < -0.4 is 0 Å². The second kappa shape index (κ2) is 8.43. The van der Waals surface area contributed by atoms with E-state index in [4.69, 9.17) is 39.8 Å². The Bertz CT molecular complexity index is 1140. The second-order valence-electron chi connectivity index (χ2n) is 5.90. The fourth-order valence-electron chi connectivity index (χ4n) is 2.62. The molecule has 0 amide bonds. The van der Waals surface area contributed by atoms with Gasteiger partial charge in [-0.05, 0) is 24.3 Å². The summed E-state index contributed by atoms with van der Waals surface area (Å²) in [6.45, 7) is 0. The van der Waals surface area contributed by atoms with E-state index >= 15 is 0 Å². The average Bonchev–Trinajstić information content (AvgIpc) is 3.28. The summed E-state index contributed by atoms with van der Waals surface area (Å²) in [5.41, 5.74) is 2.71. The molecule has 0 saturated carbocycles. The van der Waals surface area contributed by atoms with Gasteiger partial charge in [0.25, 0.3) is 0 Å². The van der Waals surface area contributed by atoms with Crippen LogP contribution in [0.15, 0.2) is 53.0 Å². The van der Waals surface area contributed by atoms with Gasteiger partial charge in [-0.25, -0.2) is 4.98 Å². The van der Waals surface area contributed by atoms with Crippen LogP contribution in [0.4, 0.5) is 0 Å². The molecule has 4 rings (SSSR count). The van der Waals surface area contributed by atoms with Crippen LogP contribution in [-0.4, -0.2) is 19.7 Å². The van der Waals surface area contributed by atoms with E-state index in [1.165, 1.54) is 0 Å². The van der Waals surface area contributed by atoms with Crippen LogP contribution in [0.25, 0.3) is 22.0 Å². The number of rotatable bonds is 5. The minimum Gasteiger partial charge on any atom is -0.305 e. The highest BCUT2D eigenvalue weighted by Crippen LogP contribution is 2.33. The zero-order valence-corrected chi connectivity index (χ0v) is 18.5. The Balaban J connectivity index is 1.51. The number of thiazole rings is 1. The molecular formula is C19H13Cl3N4S2. The van der Waals surface area contributed by atoms with E-state index in [9.17, 15) is 0 Å². The minimum atomic E-state index is 0.545. The number of thioether (sulfide) groups is 1. The Morgan fingerprint density at radius 1 is 1.00 bits per heavy atom. The molecular weight excluding hydrogens is 455 g/mol. The van der Waals surface area contributed by atoms with Crippen molar-refractivity contribution < 1.29 is 0 Å². The summed E-state index contributed by atoms with van der Waals surface area (Å²) < 4.78 is 1.92. The maximum atomic E-state index is 6.30. The first kappa shape index (κ1) is 19.7. The zero-order chi connectivity index (χ0) is 19.7. The molecule has 2 aromatic carbocycles. The summed E-state index contributed by atoms with van der Waals surface area (Å²) in [6.07, 6.45) is 0. The van der Waals surface area contributed by atoms with Crippen LogP contribution in [0.5, 0.6) is 0 Å². The van der Waals surface area contributed by atoms with E-state index in [1.54, 1.807) is 35.2 Å². The Hall–Kier alpha value is -1.57. The standard InChI is InChI=1S/C19H13Cl3N4S2/c1-26-17(13-7-6-11(20)8-16(13)22)24-25-19(26)28-10-12-9-27-18(23-12)14-4-2-3-5-15(14)21/h2-9H,10H2,1H3. The van der Waals surface area contributed by atoms with Crippen LogP contribution >= 0.6 is 57.9 Å². The van der Waals surface area contributed by atoms with E-state index in [2.05, 4.69) is 10.2 Å². The molecule has 0 N–H and O–H groups in total. The first-order chi connectivity index (χ1) is 13.5. The van der Waals surface area contributed by atoms with Crippen molar-refractivity contribution in [3.05, 3.63) is 68.6 Å². The molecule has 0 aliphatic rings. The first-order valence-corrected chi connectivity index (χ1v) is 11.2. The third-order valence-corrected chi connectivity index (χ3v) is 6.87. The Morgan fingerprint density at radius 2 is 1.82 bits per heavy atom. The van der Waals surface area contributed by atoms with E-state index < -0.39 is 0 Å². The molecule has 0 spiro atoms. The molecule has 0 bridgehead atoms. The monoisotopic (exact) mass is 466 g/mol. The van der Waals surface area contributed by atoms with Gasteiger partial charge in [0.05, 0.1) is 15.7 Å². The van der Waals surface area contributed by atoms with Crippen molar-refractivity contribution in [2.24, 2.45) is 7.05 Å². The number of benzene rings is 2. The summed E-state index contributed by atoms with van der Waals surface area (Å²) in [5, 5.41) is 14.1. The average molecular weight is 468 g/mol. The molecule has 0 aliphatic heterocycles. The van der Waals surface area contributed by atoms with Gasteiger partial charge >= 0.3 is 0 Å². The Kier molecular flexibility index (Phi) is 5.94. The van der Waals surface area contributed by atoms with Gasteiger partial charge in [-0.1, -0.05) is 64.8 Å². The van der Waals surface area contributed by atoms with E-state index in [-0.39, 0.29) is 0 Å². The molecule has 0 atom stereocenters. The van der Waals surface area contributed by atoms with Crippen molar-refractivity contribution in [1.29, 1.82) is 0 Å². The van der Waals surface area contributed by atoms with Gasteiger partial charge in [0.15, 0.2) is 11.0 Å². The smallest absolute Gasteiger partial charge is 0.191 e. The predicted molar refractivity (Wildman–Crippen MR) is 119 cm³/mol. The largest absolute Gasteiger partial charge is 0.305 e. The summed E-state index contributed by atoms with van der Waals surface area (Å²) in [6, 6.07) is 13.0. The lowest BCUT2D eigenvalue weighted by atomic mass is 10.2. The summed E-state index contributed by atoms with van der Waals surface area (Å²) in [5.74, 6) is 1.38. The van der Waals surface area contributed by atoms with Crippen molar-refractivity contribution >= 4 is 57.9 Å². The highest BCUT2D eigenvalue weighted by atomic mass is 35.5. The topological polar surface area (TPSA) is 43.6 Å². The molecule has 0 fully saturated rings. The molecule has 0 aliphatic carbocycles. The molecule has 9 heteroatoms. The predicted octanol–water partition coefficient (Wildman–Crippen LogP) is 6.86. The zero-order valence-electron chi connectivity index (χ0n) is 14.6. The molecule has 0 saturated heterocycles. The number of hydrogen-bond acceptors (Lipinski definition) is 5. The van der Waals surface area contributed by atoms with Crippen LogP contribution in [0.3, 0.4) is 0 Å². The Morgan fingerprint density at radius 3 is 2.61 bits per heavy atom. The second-order valence-corrected chi connectivity index (χ2v) is 8.95. The van der Waals surface area contributed by atoms with Crippen LogP contribution in [-0.2, 0) is 12.8 Å². The third-order valence-electron chi connectivity index (χ3n) is 4.01. The van der Waals surface area contributed by atoms with E-state index in [1.807, 2.05) is 47.3 Å². The lowest BCUT2D eigenvalue weighted by Crippen LogP contribution is -1.95. The number of nitrogens with zero attached hydrogens (tertiary/aromatic N) is 4. The van der Waals surface area contributed by atoms with Gasteiger partial charge in [-0.2, -0.15) is 0 Å². The van der Waals surface area contributed by atoms with Gasteiger partial charge in [0, 0.05) is 34.3 Å². The van der Waals surface area contributed by atoms with E-state index in [0.29, 0.717) is 26.6 Å². The van der Waals surface area contributed by atoms with Crippen molar-refractivity contribution in [1.82, 2.24) is 19.7 Å². The maximum Gasteiger partial charge on any atom is 0.191 e. The van der Waals surface area contributed by atoms with Crippen molar-refractivity contribution in [2.45, 2.75) is 10.9 Å². The van der Waals surface area contributed by atoms with Crippen LogP contribution in [0, 0.1) is 0 Å². The van der Waals surface area contributed by atoms with E-state index in [0.717, 1.165) is 27.0 Å². The molecule has 142 valence electrons. The summed E-state index contributed by atoms with van der Waals surface area (Å²) >= 11 is 21.7. The molecule has 4 aromatic rings. The lowest BCUT2D eigenvalue weighted by molar-refractivity contribution is 0.793. The van der Waals surface area contributed by atoms with Crippen molar-refractivity contribution in [3.8, 4) is 22.0 Å². The minimum absolute atomic E-state index is 0.545. The lowest BCUT2D eigenvalue weighted by Gasteiger charge is -2.05. The SMILES string of the molecule is Cn1c(SCc2csc(-c3ccccc3Cl)n2)nnc1-c1ccc(Cl)cc1Cl. The van der Waals surface area contributed by atoms with Crippen molar-refractivity contribution in [3.63, 3.8) is 0 Å². The molecule has 4 nitrogen and oxygen atoms in total. The quantitative estimate of drug-likeness (QED) is 0.301. The molecule has 2 heterocycles. The summed E-state index contributed by atoms with van der Waals surface area (Å²) in [4.78, 5) is 4.69. The number of halogens is 3. The van der Waals surface area contributed by atoms with Gasteiger partial charge in [-0.15, -0.1) is 21.5 Å². The summed E-state index contributed by atoms with van der Waals surface area (Å²) in [7, 11) is 1.92. The van der Waals surface area contributed by atoms with Gasteiger partial charge in [0.1, 0.15) is 5.01 Å². The third kappa shape index (κ3) is 4.07. The number of aromatic nitrogens is 4. The van der Waals surface area contributed by atoms with Gasteiger partial charge in [-0.3, -0.25) is 0 Å². The Labute approximate surface area is 185 Å². The normalized spacial score (nSPS) is 11.1. The fraction of sp³-hybridized carbons (Fsp3) is 0.105. The molecule has 2 aromatic heterocycles. The molecule has 0 unspecified atom stereocenters. The van der Waals surface area contributed by atoms with Crippen LogP contribution in [0.1, 0.15) is 5.69 Å². The molecule has 28 heavy (non-hydrogen) atoms. The highest BCUT2D eigenvalue weighted by Gasteiger charge is 2.15. The number of hydrogen-bond donors (Lipinski definition) is 0. The van der Waals surface area contributed by atoms with Crippen LogP contribution in [0.2, 0.25) is 15.1 Å². The highest BCUT2D eigenvalue weighted by molar-refractivity contribution is 7.98. The maximum absolute atomic E-state index is 6.30. The van der Waals surface area contributed by atoms with Gasteiger partial charge < -0.3 is 4.57 Å². The van der Waals surface area contributed by atoms with Gasteiger partial charge in [0.2, 0.25) is 0 Å². The first-order valence-electron chi connectivity index (χ1n) is 8.20. The molecule has 0 radical (unpaired) electrons. The van der Waals surface area contributed by atoms with Crippen molar-refractivity contribution in [2.75, 3.05) is 0 Å².